The number of amides is 1. The van der Waals surface area contributed by atoms with E-state index in [2.05, 4.69) is 10.5 Å². The van der Waals surface area contributed by atoms with Crippen LogP contribution < -0.4 is 10.5 Å². The quantitative estimate of drug-likeness (QED) is 0.605. The molecule has 0 aromatic carbocycles. The van der Waals surface area contributed by atoms with Gasteiger partial charge in [-0.3, -0.25) is 4.79 Å². The lowest BCUT2D eigenvalue weighted by atomic mass is 10.1. The second-order valence-corrected chi connectivity index (χ2v) is 5.00. The second kappa shape index (κ2) is 5.90. The van der Waals surface area contributed by atoms with Gasteiger partial charge in [-0.25, -0.2) is 5.43 Å². The standard InChI is InChI=1S/C14H18N2O4/c1-8(15-16-14(19)10-3-4-10)12-7-11(20-9(12)2)5-6-13(17)18/h7,10H,3-6H2,1-2H3,(H,16,19)(H,17,18)/p-1/b15-8-. The Hall–Kier alpha value is -2.11. The number of rotatable bonds is 6. The van der Waals surface area contributed by atoms with Crippen LogP contribution in [0.4, 0.5) is 0 Å². The van der Waals surface area contributed by atoms with Crippen LogP contribution in [0, 0.1) is 12.8 Å². The van der Waals surface area contributed by atoms with Crippen LogP contribution in [0.15, 0.2) is 15.6 Å². The Morgan fingerprint density at radius 2 is 2.20 bits per heavy atom. The average molecular weight is 277 g/mol. The summed E-state index contributed by atoms with van der Waals surface area (Å²) in [5.41, 5.74) is 3.94. The van der Waals surface area contributed by atoms with E-state index in [1.165, 1.54) is 0 Å². The van der Waals surface area contributed by atoms with Crippen LogP contribution in [0.25, 0.3) is 0 Å². The van der Waals surface area contributed by atoms with Gasteiger partial charge in [0.15, 0.2) is 0 Å². The lowest BCUT2D eigenvalue weighted by Crippen LogP contribution is -2.22. The maximum Gasteiger partial charge on any atom is 0.243 e. The number of hydrogen-bond donors (Lipinski definition) is 1. The number of carboxylic acids is 1. The van der Waals surface area contributed by atoms with Gasteiger partial charge in [-0.05, 0) is 39.2 Å². The van der Waals surface area contributed by atoms with Crippen molar-refractivity contribution in [3.63, 3.8) is 0 Å². The highest BCUT2D eigenvalue weighted by atomic mass is 16.4. The molecular formula is C14H17N2O4-. The van der Waals surface area contributed by atoms with Crippen molar-refractivity contribution in [3.8, 4) is 0 Å². The molecule has 0 bridgehead atoms. The van der Waals surface area contributed by atoms with Crippen molar-refractivity contribution in [3.05, 3.63) is 23.2 Å². The van der Waals surface area contributed by atoms with E-state index in [4.69, 9.17) is 4.42 Å². The Balaban J connectivity index is 2.01. The second-order valence-electron chi connectivity index (χ2n) is 5.00. The van der Waals surface area contributed by atoms with Gasteiger partial charge in [0.1, 0.15) is 11.5 Å². The Morgan fingerprint density at radius 1 is 1.50 bits per heavy atom. The predicted octanol–water partition coefficient (Wildman–Crippen LogP) is 0.521. The van der Waals surface area contributed by atoms with Crippen LogP contribution in [0.3, 0.4) is 0 Å². The summed E-state index contributed by atoms with van der Waals surface area (Å²) in [4.78, 5) is 21.9. The van der Waals surface area contributed by atoms with E-state index < -0.39 is 5.97 Å². The number of carboxylic acid groups (broad SMARTS) is 1. The minimum Gasteiger partial charge on any atom is -0.550 e. The Morgan fingerprint density at radius 3 is 2.80 bits per heavy atom. The highest BCUT2D eigenvalue weighted by molar-refractivity contribution is 6.00. The number of carbonyl (C=O) groups excluding carboxylic acids is 2. The zero-order valence-corrected chi connectivity index (χ0v) is 11.6. The maximum absolute atomic E-state index is 11.5. The van der Waals surface area contributed by atoms with Crippen LogP contribution in [0.2, 0.25) is 0 Å². The van der Waals surface area contributed by atoms with Gasteiger partial charge in [-0.1, -0.05) is 0 Å². The van der Waals surface area contributed by atoms with E-state index in [0.29, 0.717) is 17.2 Å². The maximum atomic E-state index is 11.5. The molecule has 1 aliphatic rings. The minimum absolute atomic E-state index is 0.0531. The number of aliphatic carboxylic acids is 1. The number of nitrogens with zero attached hydrogens (tertiary/aromatic N) is 1. The summed E-state index contributed by atoms with van der Waals surface area (Å²) in [5, 5.41) is 14.5. The van der Waals surface area contributed by atoms with Gasteiger partial charge in [0.2, 0.25) is 5.91 Å². The molecule has 1 N–H and O–H groups in total. The molecular weight excluding hydrogens is 260 g/mol. The molecule has 1 amide bonds. The summed E-state index contributed by atoms with van der Waals surface area (Å²) < 4.78 is 5.47. The Labute approximate surface area is 116 Å². The highest BCUT2D eigenvalue weighted by Gasteiger charge is 2.29. The van der Waals surface area contributed by atoms with E-state index in [1.54, 1.807) is 19.9 Å². The van der Waals surface area contributed by atoms with E-state index in [-0.39, 0.29) is 24.7 Å². The van der Waals surface area contributed by atoms with Crippen molar-refractivity contribution in [2.75, 3.05) is 0 Å². The van der Waals surface area contributed by atoms with E-state index >= 15 is 0 Å². The summed E-state index contributed by atoms with van der Waals surface area (Å²) in [5.74, 6) is 0.172. The molecule has 2 rings (SSSR count). The van der Waals surface area contributed by atoms with Crippen molar-refractivity contribution in [2.24, 2.45) is 11.0 Å². The molecule has 6 heteroatoms. The van der Waals surface area contributed by atoms with Crippen LogP contribution in [-0.2, 0) is 16.0 Å². The average Bonchev–Trinajstić information content (AvgIpc) is 3.17. The third-order valence-corrected chi connectivity index (χ3v) is 3.22. The summed E-state index contributed by atoms with van der Waals surface area (Å²) in [7, 11) is 0. The lowest BCUT2D eigenvalue weighted by molar-refractivity contribution is -0.305. The first kappa shape index (κ1) is 14.3. The number of nitrogens with one attached hydrogen (secondary N) is 1. The molecule has 1 saturated carbocycles. The molecule has 0 spiro atoms. The summed E-state index contributed by atoms with van der Waals surface area (Å²) in [6.45, 7) is 3.55. The molecule has 108 valence electrons. The third kappa shape index (κ3) is 3.69. The van der Waals surface area contributed by atoms with Crippen LogP contribution in [0.1, 0.15) is 43.3 Å². The monoisotopic (exact) mass is 277 g/mol. The molecule has 1 aromatic rings. The lowest BCUT2D eigenvalue weighted by Gasteiger charge is -2.00. The molecule has 0 unspecified atom stereocenters. The minimum atomic E-state index is -1.11. The number of hydrogen-bond acceptors (Lipinski definition) is 5. The molecule has 0 aliphatic heterocycles. The van der Waals surface area contributed by atoms with Gasteiger partial charge in [-0.15, -0.1) is 0 Å². The van der Waals surface area contributed by atoms with E-state index in [0.717, 1.165) is 18.4 Å². The smallest absolute Gasteiger partial charge is 0.243 e. The fourth-order valence-corrected chi connectivity index (χ4v) is 1.89. The van der Waals surface area contributed by atoms with Crippen LogP contribution in [-0.4, -0.2) is 17.6 Å². The molecule has 1 heterocycles. The van der Waals surface area contributed by atoms with Crippen molar-refractivity contribution in [2.45, 2.75) is 39.5 Å². The van der Waals surface area contributed by atoms with Gasteiger partial charge >= 0.3 is 0 Å². The van der Waals surface area contributed by atoms with E-state index in [9.17, 15) is 14.7 Å². The zero-order chi connectivity index (χ0) is 14.7. The SMILES string of the molecule is C/C(=N/NC(=O)C1CC1)c1cc(CCC(=O)[O-])oc1C. The predicted molar refractivity (Wildman–Crippen MR) is 69.9 cm³/mol. The fourth-order valence-electron chi connectivity index (χ4n) is 1.89. The first-order chi connectivity index (χ1) is 9.47. The van der Waals surface area contributed by atoms with Crippen molar-refractivity contribution in [1.29, 1.82) is 0 Å². The topological polar surface area (TPSA) is 94.7 Å². The van der Waals surface area contributed by atoms with Gasteiger partial charge in [0.25, 0.3) is 0 Å². The molecule has 0 atom stereocenters. The molecule has 0 radical (unpaired) electrons. The van der Waals surface area contributed by atoms with Crippen molar-refractivity contribution >= 4 is 17.6 Å². The molecule has 1 fully saturated rings. The number of furan rings is 1. The van der Waals surface area contributed by atoms with Crippen molar-refractivity contribution < 1.29 is 19.1 Å². The summed E-state index contributed by atoms with van der Waals surface area (Å²) in [6, 6.07) is 1.75. The van der Waals surface area contributed by atoms with Gasteiger partial charge in [0, 0.05) is 23.9 Å². The van der Waals surface area contributed by atoms with Gasteiger partial charge in [0.05, 0.1) is 5.71 Å². The molecule has 20 heavy (non-hydrogen) atoms. The van der Waals surface area contributed by atoms with E-state index in [1.807, 2.05) is 0 Å². The number of hydrazone groups is 1. The molecule has 6 nitrogen and oxygen atoms in total. The Kier molecular flexibility index (Phi) is 4.22. The Bertz CT molecular complexity index is 556. The molecule has 0 saturated heterocycles. The highest BCUT2D eigenvalue weighted by Crippen LogP contribution is 2.28. The fraction of sp³-hybridized carbons (Fsp3) is 0.500. The first-order valence-corrected chi connectivity index (χ1v) is 6.61. The van der Waals surface area contributed by atoms with Gasteiger partial charge in [-0.2, -0.15) is 5.10 Å². The molecule has 1 aliphatic carbocycles. The summed E-state index contributed by atoms with van der Waals surface area (Å²) >= 11 is 0. The summed E-state index contributed by atoms with van der Waals surface area (Å²) in [6.07, 6.45) is 2.06. The van der Waals surface area contributed by atoms with Crippen molar-refractivity contribution in [1.82, 2.24) is 5.43 Å². The number of carbonyl (C=O) groups is 2. The third-order valence-electron chi connectivity index (χ3n) is 3.22. The molecule has 1 aromatic heterocycles. The van der Waals surface area contributed by atoms with Gasteiger partial charge < -0.3 is 14.3 Å². The zero-order valence-electron chi connectivity index (χ0n) is 11.6. The first-order valence-electron chi connectivity index (χ1n) is 6.61. The largest absolute Gasteiger partial charge is 0.550 e. The van der Waals surface area contributed by atoms with Crippen LogP contribution >= 0.6 is 0 Å². The normalized spacial score (nSPS) is 15.2. The number of aryl methyl sites for hydroxylation is 2. The van der Waals surface area contributed by atoms with Crippen LogP contribution in [0.5, 0.6) is 0 Å².